The zero-order valence-corrected chi connectivity index (χ0v) is 13.2. The Bertz CT molecular complexity index is 470. The highest BCUT2D eigenvalue weighted by atomic mass is 35.5. The number of halogens is 1. The number of amides is 2. The van der Waals surface area contributed by atoms with Gasteiger partial charge in [0.1, 0.15) is 0 Å². The van der Waals surface area contributed by atoms with E-state index in [0.717, 1.165) is 38.4 Å². The van der Waals surface area contributed by atoms with Crippen molar-refractivity contribution in [3.8, 4) is 0 Å². The summed E-state index contributed by atoms with van der Waals surface area (Å²) in [5.41, 5.74) is 1.61. The summed E-state index contributed by atoms with van der Waals surface area (Å²) >= 11 is 6.10. The number of morpholine rings is 1. The number of hydrogen-bond donors (Lipinski definition) is 2. The Morgan fingerprint density at radius 2 is 2.14 bits per heavy atom. The molecule has 1 saturated heterocycles. The second-order valence-electron chi connectivity index (χ2n) is 5.34. The van der Waals surface area contributed by atoms with Crippen molar-refractivity contribution in [2.45, 2.75) is 19.9 Å². The van der Waals surface area contributed by atoms with Gasteiger partial charge in [0.15, 0.2) is 0 Å². The smallest absolute Gasteiger partial charge is 0.319 e. The van der Waals surface area contributed by atoms with E-state index in [-0.39, 0.29) is 12.1 Å². The molecular weight excluding hydrogens is 290 g/mol. The van der Waals surface area contributed by atoms with E-state index in [4.69, 9.17) is 16.3 Å². The molecule has 2 amide bonds. The summed E-state index contributed by atoms with van der Waals surface area (Å²) in [6.07, 6.45) is 0. The molecule has 5 nitrogen and oxygen atoms in total. The van der Waals surface area contributed by atoms with E-state index < -0.39 is 0 Å². The Labute approximate surface area is 130 Å². The number of nitrogens with zero attached hydrogens (tertiary/aromatic N) is 1. The van der Waals surface area contributed by atoms with Gasteiger partial charge in [0.25, 0.3) is 0 Å². The minimum absolute atomic E-state index is 0.0610. The fourth-order valence-electron chi connectivity index (χ4n) is 2.38. The summed E-state index contributed by atoms with van der Waals surface area (Å²) in [6.45, 7) is 8.08. The molecule has 116 valence electrons. The van der Waals surface area contributed by atoms with Crippen molar-refractivity contribution in [1.82, 2.24) is 10.2 Å². The molecule has 1 fully saturated rings. The van der Waals surface area contributed by atoms with Gasteiger partial charge in [-0.05, 0) is 25.5 Å². The van der Waals surface area contributed by atoms with Gasteiger partial charge in [-0.1, -0.05) is 23.7 Å². The number of anilines is 1. The number of carbonyl (C=O) groups is 1. The minimum Gasteiger partial charge on any atom is -0.379 e. The van der Waals surface area contributed by atoms with Crippen LogP contribution < -0.4 is 10.6 Å². The van der Waals surface area contributed by atoms with Crippen molar-refractivity contribution in [3.05, 3.63) is 28.8 Å². The summed E-state index contributed by atoms with van der Waals surface area (Å²) in [5, 5.41) is 6.31. The van der Waals surface area contributed by atoms with E-state index in [0.29, 0.717) is 10.7 Å². The molecule has 0 bridgehead atoms. The molecule has 0 aliphatic carbocycles. The van der Waals surface area contributed by atoms with Crippen LogP contribution in [0.1, 0.15) is 12.5 Å². The topological polar surface area (TPSA) is 53.6 Å². The second kappa shape index (κ2) is 7.64. The van der Waals surface area contributed by atoms with Crippen LogP contribution in [0.5, 0.6) is 0 Å². The molecule has 0 saturated carbocycles. The highest BCUT2D eigenvalue weighted by Crippen LogP contribution is 2.24. The standard InChI is InChI=1S/C15H22ClN3O2/c1-11-4-3-5-13(16)14(11)18-15(20)17-12(2)10-19-6-8-21-9-7-19/h3-5,12H,6-10H2,1-2H3,(H2,17,18,20)/t12-/m0/s1. The first-order chi connectivity index (χ1) is 10.1. The van der Waals surface area contributed by atoms with Crippen molar-refractivity contribution in [2.24, 2.45) is 0 Å². The molecule has 0 spiro atoms. The summed E-state index contributed by atoms with van der Waals surface area (Å²) in [6, 6.07) is 5.37. The van der Waals surface area contributed by atoms with E-state index in [1.165, 1.54) is 0 Å². The predicted molar refractivity (Wildman–Crippen MR) is 85.1 cm³/mol. The molecular formula is C15H22ClN3O2. The summed E-state index contributed by atoms with van der Waals surface area (Å²) in [4.78, 5) is 14.3. The lowest BCUT2D eigenvalue weighted by Crippen LogP contribution is -2.47. The maximum atomic E-state index is 12.0. The summed E-state index contributed by atoms with van der Waals surface area (Å²) in [7, 11) is 0. The van der Waals surface area contributed by atoms with Crippen molar-refractivity contribution < 1.29 is 9.53 Å². The molecule has 1 aliphatic rings. The molecule has 1 aromatic carbocycles. The Kier molecular flexibility index (Phi) is 5.85. The number of hydrogen-bond acceptors (Lipinski definition) is 3. The zero-order valence-electron chi connectivity index (χ0n) is 12.5. The van der Waals surface area contributed by atoms with E-state index in [1.54, 1.807) is 6.07 Å². The number of urea groups is 1. The van der Waals surface area contributed by atoms with E-state index in [1.807, 2.05) is 26.0 Å². The maximum Gasteiger partial charge on any atom is 0.319 e. The highest BCUT2D eigenvalue weighted by Gasteiger charge is 2.16. The number of aryl methyl sites for hydroxylation is 1. The molecule has 0 unspecified atom stereocenters. The first-order valence-electron chi connectivity index (χ1n) is 7.19. The van der Waals surface area contributed by atoms with Gasteiger partial charge in [-0.15, -0.1) is 0 Å². The van der Waals surface area contributed by atoms with Crippen molar-refractivity contribution in [3.63, 3.8) is 0 Å². The van der Waals surface area contributed by atoms with Crippen LogP contribution in [0.2, 0.25) is 5.02 Å². The van der Waals surface area contributed by atoms with Gasteiger partial charge in [-0.3, -0.25) is 4.90 Å². The molecule has 0 radical (unpaired) electrons. The molecule has 21 heavy (non-hydrogen) atoms. The highest BCUT2D eigenvalue weighted by molar-refractivity contribution is 6.33. The van der Waals surface area contributed by atoms with Crippen LogP contribution in [0, 0.1) is 6.92 Å². The number of ether oxygens (including phenoxy) is 1. The Hall–Kier alpha value is -1.30. The van der Waals surface area contributed by atoms with E-state index in [9.17, 15) is 4.79 Å². The number of carbonyl (C=O) groups excluding carboxylic acids is 1. The van der Waals surface area contributed by atoms with Crippen molar-refractivity contribution in [2.75, 3.05) is 38.2 Å². The third-order valence-electron chi connectivity index (χ3n) is 3.47. The van der Waals surface area contributed by atoms with Gasteiger partial charge >= 0.3 is 6.03 Å². The fraction of sp³-hybridized carbons (Fsp3) is 0.533. The number of rotatable bonds is 4. The van der Waals surface area contributed by atoms with Gasteiger partial charge in [0.05, 0.1) is 23.9 Å². The summed E-state index contributed by atoms with van der Waals surface area (Å²) < 4.78 is 5.31. The summed E-state index contributed by atoms with van der Waals surface area (Å²) in [5.74, 6) is 0. The molecule has 0 aromatic heterocycles. The molecule has 2 N–H and O–H groups in total. The van der Waals surface area contributed by atoms with Gasteiger partial charge in [-0.2, -0.15) is 0 Å². The van der Waals surface area contributed by atoms with Crippen LogP contribution in [0.15, 0.2) is 18.2 Å². The number of nitrogens with one attached hydrogen (secondary N) is 2. The van der Waals surface area contributed by atoms with Gasteiger partial charge in [0.2, 0.25) is 0 Å². The van der Waals surface area contributed by atoms with Crippen LogP contribution in [-0.4, -0.2) is 49.8 Å². The minimum atomic E-state index is -0.230. The first-order valence-corrected chi connectivity index (χ1v) is 7.57. The van der Waals surface area contributed by atoms with Gasteiger partial charge in [-0.25, -0.2) is 4.79 Å². The lowest BCUT2D eigenvalue weighted by atomic mass is 10.2. The lowest BCUT2D eigenvalue weighted by Gasteiger charge is -2.29. The predicted octanol–water partition coefficient (Wildman–Crippen LogP) is 2.49. The Morgan fingerprint density at radius 1 is 1.43 bits per heavy atom. The maximum absolute atomic E-state index is 12.0. The van der Waals surface area contributed by atoms with Crippen LogP contribution in [0.3, 0.4) is 0 Å². The van der Waals surface area contributed by atoms with Crippen LogP contribution in [0.4, 0.5) is 10.5 Å². The van der Waals surface area contributed by atoms with Crippen molar-refractivity contribution >= 4 is 23.3 Å². The number of benzene rings is 1. The number of para-hydroxylation sites is 1. The molecule has 2 rings (SSSR count). The third kappa shape index (κ3) is 4.88. The quantitative estimate of drug-likeness (QED) is 0.898. The van der Waals surface area contributed by atoms with E-state index in [2.05, 4.69) is 15.5 Å². The monoisotopic (exact) mass is 311 g/mol. The molecule has 1 atom stereocenters. The SMILES string of the molecule is Cc1cccc(Cl)c1NC(=O)N[C@@H](C)CN1CCOCC1. The molecule has 1 heterocycles. The molecule has 1 aliphatic heterocycles. The first kappa shape index (κ1) is 16.1. The Balaban J connectivity index is 1.83. The van der Waals surface area contributed by atoms with Gasteiger partial charge < -0.3 is 15.4 Å². The Morgan fingerprint density at radius 3 is 2.81 bits per heavy atom. The lowest BCUT2D eigenvalue weighted by molar-refractivity contribution is 0.0350. The third-order valence-corrected chi connectivity index (χ3v) is 3.79. The van der Waals surface area contributed by atoms with Gasteiger partial charge in [0, 0.05) is 25.7 Å². The largest absolute Gasteiger partial charge is 0.379 e. The van der Waals surface area contributed by atoms with Crippen LogP contribution in [-0.2, 0) is 4.74 Å². The van der Waals surface area contributed by atoms with Crippen LogP contribution in [0.25, 0.3) is 0 Å². The average molecular weight is 312 g/mol. The molecule has 1 aromatic rings. The fourth-order valence-corrected chi connectivity index (χ4v) is 2.65. The van der Waals surface area contributed by atoms with Crippen LogP contribution >= 0.6 is 11.6 Å². The second-order valence-corrected chi connectivity index (χ2v) is 5.75. The normalized spacial score (nSPS) is 17.3. The van der Waals surface area contributed by atoms with E-state index >= 15 is 0 Å². The molecule has 6 heteroatoms. The van der Waals surface area contributed by atoms with Crippen molar-refractivity contribution in [1.29, 1.82) is 0 Å². The average Bonchev–Trinajstić information content (AvgIpc) is 2.44. The zero-order chi connectivity index (χ0) is 15.2.